The average Bonchev–Trinajstić information content (AvgIpc) is 2.80. The maximum atomic E-state index is 6.17. The van der Waals surface area contributed by atoms with E-state index in [1.807, 2.05) is 23.9 Å². The van der Waals surface area contributed by atoms with Gasteiger partial charge in [0.2, 0.25) is 5.95 Å². The van der Waals surface area contributed by atoms with Crippen LogP contribution in [0, 0.1) is 0 Å². The molecule has 1 fully saturated rings. The molecule has 0 saturated carbocycles. The molecule has 2 aromatic carbocycles. The lowest BCUT2D eigenvalue weighted by Crippen LogP contribution is -2.39. The number of aromatic nitrogens is 2. The number of piperidine rings is 1. The Labute approximate surface area is 209 Å². The molecule has 2 aliphatic heterocycles. The van der Waals surface area contributed by atoms with E-state index >= 15 is 0 Å². The van der Waals surface area contributed by atoms with E-state index in [1.54, 1.807) is 6.07 Å². The van der Waals surface area contributed by atoms with Crippen LogP contribution < -0.4 is 10.6 Å². The zero-order valence-electron chi connectivity index (χ0n) is 18.4. The van der Waals surface area contributed by atoms with Gasteiger partial charge in [0.25, 0.3) is 0 Å². The molecule has 0 aliphatic carbocycles. The van der Waals surface area contributed by atoms with E-state index in [1.165, 1.54) is 10.5 Å². The highest BCUT2D eigenvalue weighted by atomic mass is 35.5. The van der Waals surface area contributed by atoms with Gasteiger partial charge in [0.15, 0.2) is 0 Å². The van der Waals surface area contributed by atoms with Gasteiger partial charge in [-0.2, -0.15) is 4.98 Å². The van der Waals surface area contributed by atoms with Crippen molar-refractivity contribution in [1.29, 1.82) is 0 Å². The van der Waals surface area contributed by atoms with Crippen molar-refractivity contribution in [1.82, 2.24) is 14.9 Å². The number of hydrogen-bond acceptors (Lipinski definition) is 6. The molecule has 0 radical (unpaired) electrons. The molecule has 5 rings (SSSR count). The molecule has 0 bridgehead atoms. The summed E-state index contributed by atoms with van der Waals surface area (Å²) in [6.07, 6.45) is 4.31. The van der Waals surface area contributed by atoms with E-state index < -0.39 is 0 Å². The highest BCUT2D eigenvalue weighted by molar-refractivity contribution is 7.99. The summed E-state index contributed by atoms with van der Waals surface area (Å²) in [5.74, 6) is 2.64. The Balaban J connectivity index is 1.29. The second-order valence-corrected chi connectivity index (χ2v) is 10.6. The number of rotatable bonds is 6. The van der Waals surface area contributed by atoms with Crippen molar-refractivity contribution in [3.8, 4) is 0 Å². The molecule has 172 valence electrons. The Morgan fingerprint density at radius 1 is 1.00 bits per heavy atom. The normalized spacial score (nSPS) is 16.9. The Hall–Kier alpha value is -1.99. The van der Waals surface area contributed by atoms with Gasteiger partial charge in [-0.15, -0.1) is 11.8 Å². The van der Waals surface area contributed by atoms with Crippen molar-refractivity contribution in [2.45, 2.75) is 43.2 Å². The van der Waals surface area contributed by atoms with Crippen molar-refractivity contribution < 1.29 is 0 Å². The minimum atomic E-state index is 0.409. The number of halogens is 2. The molecule has 0 amide bonds. The zero-order chi connectivity index (χ0) is 22.6. The number of aryl methyl sites for hydroxylation is 1. The Kier molecular flexibility index (Phi) is 7.26. The Morgan fingerprint density at radius 2 is 1.76 bits per heavy atom. The van der Waals surface area contributed by atoms with E-state index in [-0.39, 0.29) is 0 Å². The van der Waals surface area contributed by atoms with Crippen molar-refractivity contribution >= 4 is 52.4 Å². The van der Waals surface area contributed by atoms with Crippen LogP contribution in [0.2, 0.25) is 10.0 Å². The number of thioether (sulfide) groups is 1. The summed E-state index contributed by atoms with van der Waals surface area (Å²) < 4.78 is 0. The summed E-state index contributed by atoms with van der Waals surface area (Å²) in [6.45, 7) is 3.18. The molecule has 3 aromatic rings. The van der Waals surface area contributed by atoms with Crippen LogP contribution in [-0.2, 0) is 13.0 Å². The topological polar surface area (TPSA) is 53.1 Å². The minimum absolute atomic E-state index is 0.409. The molecule has 5 nitrogen and oxygen atoms in total. The van der Waals surface area contributed by atoms with Crippen LogP contribution in [0.15, 0.2) is 53.4 Å². The van der Waals surface area contributed by atoms with E-state index in [9.17, 15) is 0 Å². The van der Waals surface area contributed by atoms with Gasteiger partial charge in [0.1, 0.15) is 5.82 Å². The van der Waals surface area contributed by atoms with Crippen LogP contribution in [0.25, 0.3) is 0 Å². The lowest BCUT2D eigenvalue weighted by molar-refractivity contribution is 0.211. The van der Waals surface area contributed by atoms with Gasteiger partial charge >= 0.3 is 0 Å². The quantitative estimate of drug-likeness (QED) is 0.396. The predicted octanol–water partition coefficient (Wildman–Crippen LogP) is 6.64. The first-order valence-electron chi connectivity index (χ1n) is 11.4. The third-order valence-corrected chi connectivity index (χ3v) is 7.68. The number of likely N-dealkylation sites (tertiary alicyclic amines) is 1. The van der Waals surface area contributed by atoms with Gasteiger partial charge in [-0.05, 0) is 55.2 Å². The minimum Gasteiger partial charge on any atom is -0.366 e. The van der Waals surface area contributed by atoms with Gasteiger partial charge in [-0.1, -0.05) is 53.5 Å². The van der Waals surface area contributed by atoms with Gasteiger partial charge in [0.05, 0.1) is 10.6 Å². The fourth-order valence-corrected chi connectivity index (χ4v) is 5.99. The summed E-state index contributed by atoms with van der Waals surface area (Å²) in [7, 11) is 0. The van der Waals surface area contributed by atoms with Crippen molar-refractivity contribution in [2.75, 3.05) is 29.5 Å². The first-order chi connectivity index (χ1) is 16.1. The average molecular weight is 500 g/mol. The van der Waals surface area contributed by atoms with Crippen LogP contribution in [0.5, 0.6) is 0 Å². The SMILES string of the molecule is Clc1cc(Cl)cc(Nc2nc3c(c(NC4CCN(Cc5ccccc5)CC4)n2)SCCC3)c1. The van der Waals surface area contributed by atoms with Crippen molar-refractivity contribution in [3.05, 3.63) is 69.8 Å². The second kappa shape index (κ2) is 10.5. The molecular weight excluding hydrogens is 473 g/mol. The summed E-state index contributed by atoms with van der Waals surface area (Å²) in [5.41, 5.74) is 3.28. The lowest BCUT2D eigenvalue weighted by Gasteiger charge is -2.33. The van der Waals surface area contributed by atoms with E-state index in [4.69, 9.17) is 33.2 Å². The Morgan fingerprint density at radius 3 is 2.52 bits per heavy atom. The number of benzene rings is 2. The maximum Gasteiger partial charge on any atom is 0.229 e. The monoisotopic (exact) mass is 499 g/mol. The number of fused-ring (bicyclic) bond motifs is 1. The van der Waals surface area contributed by atoms with Gasteiger partial charge < -0.3 is 10.6 Å². The molecule has 1 aromatic heterocycles. The van der Waals surface area contributed by atoms with E-state index in [2.05, 4.69) is 45.9 Å². The number of anilines is 3. The molecule has 8 heteroatoms. The third kappa shape index (κ3) is 5.93. The fraction of sp³-hybridized carbons (Fsp3) is 0.360. The Bertz CT molecular complexity index is 1080. The molecule has 2 N–H and O–H groups in total. The number of nitrogens with zero attached hydrogens (tertiary/aromatic N) is 3. The van der Waals surface area contributed by atoms with Crippen molar-refractivity contribution in [2.24, 2.45) is 0 Å². The molecule has 1 saturated heterocycles. The summed E-state index contributed by atoms with van der Waals surface area (Å²) in [4.78, 5) is 13.4. The molecule has 3 heterocycles. The standard InChI is InChI=1S/C25H27Cl2N5S/c26-18-13-19(27)15-21(14-18)29-25-30-22-7-4-12-33-23(22)24(31-25)28-20-8-10-32(11-9-20)16-17-5-2-1-3-6-17/h1-3,5-6,13-15,20H,4,7-12,16H2,(H2,28,29,30,31). The van der Waals surface area contributed by atoms with Gasteiger partial charge in [-0.3, -0.25) is 4.90 Å². The number of hydrogen-bond donors (Lipinski definition) is 2. The van der Waals surface area contributed by atoms with Crippen molar-refractivity contribution in [3.63, 3.8) is 0 Å². The van der Waals surface area contributed by atoms with Crippen LogP contribution in [0.1, 0.15) is 30.5 Å². The highest BCUT2D eigenvalue weighted by Crippen LogP contribution is 2.36. The molecule has 2 aliphatic rings. The molecule has 0 unspecified atom stereocenters. The van der Waals surface area contributed by atoms with Crippen LogP contribution >= 0.6 is 35.0 Å². The zero-order valence-corrected chi connectivity index (χ0v) is 20.7. The molecule has 33 heavy (non-hydrogen) atoms. The second-order valence-electron chi connectivity index (χ2n) is 8.59. The smallest absolute Gasteiger partial charge is 0.229 e. The summed E-state index contributed by atoms with van der Waals surface area (Å²) >= 11 is 14.2. The third-order valence-electron chi connectivity index (χ3n) is 6.04. The van der Waals surface area contributed by atoms with Gasteiger partial charge in [0, 0.05) is 41.4 Å². The predicted molar refractivity (Wildman–Crippen MR) is 139 cm³/mol. The fourth-order valence-electron chi connectivity index (χ4n) is 4.41. The molecule has 0 spiro atoms. The van der Waals surface area contributed by atoms with E-state index in [0.717, 1.165) is 68.3 Å². The highest BCUT2D eigenvalue weighted by Gasteiger charge is 2.24. The maximum absolute atomic E-state index is 6.17. The number of nitrogens with one attached hydrogen (secondary N) is 2. The first-order valence-corrected chi connectivity index (χ1v) is 13.2. The van der Waals surface area contributed by atoms with Crippen LogP contribution in [0.3, 0.4) is 0 Å². The largest absolute Gasteiger partial charge is 0.366 e. The van der Waals surface area contributed by atoms with Crippen LogP contribution in [0.4, 0.5) is 17.5 Å². The summed E-state index contributed by atoms with van der Waals surface area (Å²) in [5, 5.41) is 8.22. The molecular formula is C25H27Cl2N5S. The summed E-state index contributed by atoms with van der Waals surface area (Å²) in [6, 6.07) is 16.5. The molecule has 0 atom stereocenters. The first kappa shape index (κ1) is 22.8. The van der Waals surface area contributed by atoms with Gasteiger partial charge in [-0.25, -0.2) is 4.98 Å². The van der Waals surface area contributed by atoms with E-state index in [0.29, 0.717) is 22.0 Å². The lowest BCUT2D eigenvalue weighted by atomic mass is 10.0. The van der Waals surface area contributed by atoms with Crippen LogP contribution in [-0.4, -0.2) is 39.8 Å².